The van der Waals surface area contributed by atoms with Crippen LogP contribution in [0.25, 0.3) is 22.3 Å². The Hall–Kier alpha value is -4.84. The Morgan fingerprint density at radius 1 is 0.564 bits per heavy atom. The van der Waals surface area contributed by atoms with E-state index < -0.39 is 5.41 Å². The number of nitrogens with zero attached hydrogens (tertiary/aromatic N) is 2. The minimum absolute atomic E-state index is 0.251. The summed E-state index contributed by atoms with van der Waals surface area (Å²) in [4.78, 5) is 54.7. The van der Waals surface area contributed by atoms with Crippen LogP contribution in [-0.4, -0.2) is 47.0 Å². The van der Waals surface area contributed by atoms with Crippen LogP contribution in [0.3, 0.4) is 0 Å². The molecule has 0 unspecified atom stereocenters. The second-order valence-electron chi connectivity index (χ2n) is 10.4. The maximum Gasteiger partial charge on any atom is 0.261 e. The quantitative estimate of drug-likeness (QED) is 0.336. The molecule has 6 nitrogen and oxygen atoms in total. The summed E-state index contributed by atoms with van der Waals surface area (Å²) in [5.41, 5.74) is 6.90. The summed E-state index contributed by atoms with van der Waals surface area (Å²) in [5, 5.41) is 0. The lowest BCUT2D eigenvalue weighted by Gasteiger charge is -2.34. The van der Waals surface area contributed by atoms with Crippen molar-refractivity contribution in [2.24, 2.45) is 0 Å². The molecule has 0 atom stereocenters. The van der Waals surface area contributed by atoms with Gasteiger partial charge in [-0.2, -0.15) is 0 Å². The number of carbonyl (C=O) groups excluding carboxylic acids is 4. The fourth-order valence-corrected chi connectivity index (χ4v) is 6.50. The summed E-state index contributed by atoms with van der Waals surface area (Å²) in [6.07, 6.45) is 0.732. The molecule has 0 spiro atoms. The molecule has 0 bridgehead atoms. The Kier molecular flexibility index (Phi) is 4.82. The number of imide groups is 2. The first-order chi connectivity index (χ1) is 18.9. The Labute approximate surface area is 225 Å². The zero-order chi connectivity index (χ0) is 27.1. The molecule has 4 aromatic rings. The van der Waals surface area contributed by atoms with Crippen LogP contribution in [0.1, 0.15) is 65.9 Å². The molecule has 0 fully saturated rings. The highest BCUT2D eigenvalue weighted by Crippen LogP contribution is 2.51. The number of amides is 4. The van der Waals surface area contributed by atoms with Gasteiger partial charge < -0.3 is 0 Å². The third-order valence-corrected chi connectivity index (χ3v) is 8.60. The van der Waals surface area contributed by atoms with Crippen LogP contribution >= 0.6 is 0 Å². The molecule has 3 aliphatic rings. The average molecular weight is 513 g/mol. The Bertz CT molecular complexity index is 1740. The van der Waals surface area contributed by atoms with Gasteiger partial charge in [0.1, 0.15) is 0 Å². The first-order valence-corrected chi connectivity index (χ1v) is 13.0. The van der Waals surface area contributed by atoms with Gasteiger partial charge in [0, 0.05) is 19.0 Å². The molecule has 39 heavy (non-hydrogen) atoms. The molecule has 6 heteroatoms. The van der Waals surface area contributed by atoms with Gasteiger partial charge in [0.05, 0.1) is 22.3 Å². The highest BCUT2D eigenvalue weighted by molar-refractivity contribution is 6.23. The number of benzene rings is 4. The summed E-state index contributed by atoms with van der Waals surface area (Å²) >= 11 is 0. The smallest absolute Gasteiger partial charge is 0.261 e. The van der Waals surface area contributed by atoms with E-state index >= 15 is 0 Å². The number of hydrogen-bond acceptors (Lipinski definition) is 4. The molecule has 0 saturated carbocycles. The number of hydrogen-bond donors (Lipinski definition) is 0. The minimum atomic E-state index is -0.498. The summed E-state index contributed by atoms with van der Waals surface area (Å²) < 4.78 is 0. The van der Waals surface area contributed by atoms with E-state index in [1.54, 1.807) is 36.4 Å². The van der Waals surface area contributed by atoms with E-state index in [0.717, 1.165) is 33.6 Å². The molecule has 4 amide bonds. The summed E-state index contributed by atoms with van der Waals surface area (Å²) in [7, 11) is 1.46. The zero-order valence-corrected chi connectivity index (χ0v) is 21.5. The SMILES string of the molecule is CCC1(CN2C(=O)c3ccc(-c4ccc5c(c4)C(=O)N(C)C5=O)cc3C2=O)c2ccccc2-c2ccccc21. The fourth-order valence-electron chi connectivity index (χ4n) is 6.50. The molecule has 0 saturated heterocycles. The molecule has 0 aromatic heterocycles. The number of fused-ring (bicyclic) bond motifs is 5. The van der Waals surface area contributed by atoms with Crippen LogP contribution in [-0.2, 0) is 5.41 Å². The van der Waals surface area contributed by atoms with Gasteiger partial charge in [-0.3, -0.25) is 29.0 Å². The lowest BCUT2D eigenvalue weighted by Crippen LogP contribution is -2.43. The summed E-state index contributed by atoms with van der Waals surface area (Å²) in [6, 6.07) is 26.8. The van der Waals surface area contributed by atoms with Crippen LogP contribution in [0.15, 0.2) is 84.9 Å². The van der Waals surface area contributed by atoms with E-state index in [2.05, 4.69) is 31.2 Å². The molecule has 2 aliphatic heterocycles. The topological polar surface area (TPSA) is 74.8 Å². The number of carbonyl (C=O) groups is 4. The first kappa shape index (κ1) is 23.3. The third kappa shape index (κ3) is 3.03. The summed E-state index contributed by atoms with van der Waals surface area (Å²) in [6.45, 7) is 2.35. The molecule has 4 aromatic carbocycles. The highest BCUT2D eigenvalue weighted by atomic mass is 16.2. The molecule has 0 radical (unpaired) electrons. The van der Waals surface area contributed by atoms with E-state index in [0.29, 0.717) is 33.4 Å². The largest absolute Gasteiger partial charge is 0.277 e. The van der Waals surface area contributed by atoms with Gasteiger partial charge in [0.25, 0.3) is 23.6 Å². The lowest BCUT2D eigenvalue weighted by molar-refractivity contribution is 0.0622. The van der Waals surface area contributed by atoms with Gasteiger partial charge in [0.2, 0.25) is 0 Å². The lowest BCUT2D eigenvalue weighted by atomic mass is 9.75. The Morgan fingerprint density at radius 3 is 1.59 bits per heavy atom. The van der Waals surface area contributed by atoms with Gasteiger partial charge in [-0.1, -0.05) is 67.6 Å². The van der Waals surface area contributed by atoms with Crippen molar-refractivity contribution in [1.82, 2.24) is 9.80 Å². The highest BCUT2D eigenvalue weighted by Gasteiger charge is 2.47. The molecule has 2 heterocycles. The van der Waals surface area contributed by atoms with Crippen LogP contribution < -0.4 is 0 Å². The molecular formula is C33H24N2O4. The molecule has 1 aliphatic carbocycles. The van der Waals surface area contributed by atoms with Crippen molar-refractivity contribution in [2.45, 2.75) is 18.8 Å². The van der Waals surface area contributed by atoms with E-state index in [4.69, 9.17) is 0 Å². The van der Waals surface area contributed by atoms with Gasteiger partial charge >= 0.3 is 0 Å². The van der Waals surface area contributed by atoms with Gasteiger partial charge in [-0.05, 0) is 64.1 Å². The maximum absolute atomic E-state index is 13.8. The minimum Gasteiger partial charge on any atom is -0.277 e. The van der Waals surface area contributed by atoms with Gasteiger partial charge in [-0.25, -0.2) is 0 Å². The fraction of sp³-hybridized carbons (Fsp3) is 0.152. The van der Waals surface area contributed by atoms with Gasteiger partial charge in [0.15, 0.2) is 0 Å². The standard InChI is InChI=1S/C33H24N2O4/c1-3-33(27-10-6-4-8-21(27)22-9-5-7-11-28(22)33)18-35-31(38)24-15-13-20(17-26(24)32(35)39)19-12-14-23-25(16-19)30(37)34(2)29(23)36/h4-17H,3,18H2,1-2H3. The van der Waals surface area contributed by atoms with E-state index in [1.807, 2.05) is 24.3 Å². The second kappa shape index (κ2) is 8.08. The van der Waals surface area contributed by atoms with Crippen molar-refractivity contribution in [3.8, 4) is 22.3 Å². The van der Waals surface area contributed by atoms with Crippen LogP contribution in [0.4, 0.5) is 0 Å². The number of rotatable bonds is 4. The average Bonchev–Trinajstić information content (AvgIpc) is 3.48. The predicted molar refractivity (Wildman–Crippen MR) is 147 cm³/mol. The molecule has 7 rings (SSSR count). The Morgan fingerprint density at radius 2 is 1.03 bits per heavy atom. The van der Waals surface area contributed by atoms with Crippen molar-refractivity contribution in [3.05, 3.63) is 118 Å². The molecule has 0 N–H and O–H groups in total. The van der Waals surface area contributed by atoms with E-state index in [1.165, 1.54) is 11.9 Å². The van der Waals surface area contributed by atoms with Crippen LogP contribution in [0.5, 0.6) is 0 Å². The Balaban J connectivity index is 1.27. The third-order valence-electron chi connectivity index (χ3n) is 8.60. The zero-order valence-electron chi connectivity index (χ0n) is 21.5. The van der Waals surface area contributed by atoms with Crippen LogP contribution in [0.2, 0.25) is 0 Å². The predicted octanol–water partition coefficient (Wildman–Crippen LogP) is 5.55. The monoisotopic (exact) mass is 512 g/mol. The van der Waals surface area contributed by atoms with Gasteiger partial charge in [-0.15, -0.1) is 0 Å². The van der Waals surface area contributed by atoms with Crippen molar-refractivity contribution in [3.63, 3.8) is 0 Å². The van der Waals surface area contributed by atoms with E-state index in [-0.39, 0.29) is 30.2 Å². The maximum atomic E-state index is 13.8. The molecule has 190 valence electrons. The van der Waals surface area contributed by atoms with Crippen molar-refractivity contribution in [1.29, 1.82) is 0 Å². The molecular weight excluding hydrogens is 488 g/mol. The second-order valence-corrected chi connectivity index (χ2v) is 10.4. The first-order valence-electron chi connectivity index (χ1n) is 13.0. The van der Waals surface area contributed by atoms with Crippen molar-refractivity contribution in [2.75, 3.05) is 13.6 Å². The van der Waals surface area contributed by atoms with Crippen molar-refractivity contribution < 1.29 is 19.2 Å². The normalized spacial score (nSPS) is 16.5. The van der Waals surface area contributed by atoms with E-state index in [9.17, 15) is 19.2 Å². The van der Waals surface area contributed by atoms with Crippen molar-refractivity contribution >= 4 is 23.6 Å². The summed E-state index contributed by atoms with van der Waals surface area (Å²) in [5.74, 6) is -1.30. The van der Waals surface area contributed by atoms with Crippen LogP contribution in [0, 0.1) is 0 Å².